The predicted molar refractivity (Wildman–Crippen MR) is 103 cm³/mol. The Hall–Kier alpha value is -2.91. The van der Waals surface area contributed by atoms with Gasteiger partial charge in [-0.3, -0.25) is 9.35 Å². The molecule has 0 aromatic heterocycles. The third-order valence-electron chi connectivity index (χ3n) is 3.91. The Balaban J connectivity index is 2.40. The number of aliphatic carboxylic acids is 1. The van der Waals surface area contributed by atoms with Crippen molar-refractivity contribution >= 4 is 22.0 Å². The van der Waals surface area contributed by atoms with E-state index in [1.165, 1.54) is 0 Å². The fourth-order valence-electron chi connectivity index (χ4n) is 2.65. The molecule has 0 radical (unpaired) electrons. The lowest BCUT2D eigenvalue weighted by Crippen LogP contribution is -2.42. The highest BCUT2D eigenvalue weighted by Gasteiger charge is 2.26. The molecule has 0 heterocycles. The second kappa shape index (κ2) is 9.34. The first-order valence-corrected chi connectivity index (χ1v) is 10.1. The monoisotopic (exact) mass is 407 g/mol. The Morgan fingerprint density at radius 2 is 1.79 bits per heavy atom. The van der Waals surface area contributed by atoms with Gasteiger partial charge in [0.2, 0.25) is 0 Å². The molecule has 0 aliphatic rings. The number of carboxylic acids is 1. The van der Waals surface area contributed by atoms with Crippen LogP contribution in [0.3, 0.4) is 0 Å². The van der Waals surface area contributed by atoms with Crippen LogP contribution in [-0.4, -0.2) is 48.4 Å². The van der Waals surface area contributed by atoms with Crippen molar-refractivity contribution in [3.05, 3.63) is 54.1 Å². The van der Waals surface area contributed by atoms with E-state index >= 15 is 0 Å². The third-order valence-corrected chi connectivity index (χ3v) is 4.66. The summed E-state index contributed by atoms with van der Waals surface area (Å²) in [5, 5.41) is 11.6. The van der Waals surface area contributed by atoms with Crippen molar-refractivity contribution in [1.82, 2.24) is 5.32 Å². The zero-order valence-electron chi connectivity index (χ0n) is 15.2. The molecule has 8 nitrogen and oxygen atoms in total. The lowest BCUT2D eigenvalue weighted by Gasteiger charge is -2.18. The van der Waals surface area contributed by atoms with E-state index in [-0.39, 0.29) is 11.3 Å². The largest absolute Gasteiger partial charge is 0.493 e. The van der Waals surface area contributed by atoms with Crippen LogP contribution < -0.4 is 10.1 Å². The first kappa shape index (κ1) is 21.4. The number of carbonyl (C=O) groups excluding carboxylic acids is 1. The average molecular weight is 407 g/mol. The van der Waals surface area contributed by atoms with Gasteiger partial charge in [-0.25, -0.2) is 4.79 Å². The second-order valence-corrected chi connectivity index (χ2v) is 7.49. The summed E-state index contributed by atoms with van der Waals surface area (Å²) in [7, 11) is -4.36. The van der Waals surface area contributed by atoms with E-state index in [0.717, 1.165) is 5.56 Å². The van der Waals surface area contributed by atoms with Crippen molar-refractivity contribution in [2.75, 3.05) is 12.4 Å². The van der Waals surface area contributed by atoms with Gasteiger partial charge in [0.25, 0.3) is 16.0 Å². The van der Waals surface area contributed by atoms with E-state index in [9.17, 15) is 23.1 Å². The van der Waals surface area contributed by atoms with Crippen molar-refractivity contribution in [3.63, 3.8) is 0 Å². The summed E-state index contributed by atoms with van der Waals surface area (Å²) in [6.07, 6.45) is -0.475. The minimum absolute atomic E-state index is 0.147. The van der Waals surface area contributed by atoms with Gasteiger partial charge < -0.3 is 15.2 Å². The van der Waals surface area contributed by atoms with Gasteiger partial charge in [-0.05, 0) is 30.5 Å². The summed E-state index contributed by atoms with van der Waals surface area (Å²) >= 11 is 0. The van der Waals surface area contributed by atoms with Gasteiger partial charge in [-0.2, -0.15) is 8.42 Å². The molecule has 0 saturated carbocycles. The molecular formula is C19H21NO7S. The highest BCUT2D eigenvalue weighted by Crippen LogP contribution is 2.31. The van der Waals surface area contributed by atoms with Crippen molar-refractivity contribution in [3.8, 4) is 16.9 Å². The Labute approximate surface area is 162 Å². The van der Waals surface area contributed by atoms with Crippen molar-refractivity contribution in [1.29, 1.82) is 0 Å². The van der Waals surface area contributed by atoms with Gasteiger partial charge in [-0.15, -0.1) is 0 Å². The van der Waals surface area contributed by atoms with Crippen LogP contribution in [0, 0.1) is 0 Å². The van der Waals surface area contributed by atoms with Gasteiger partial charge in [0.05, 0.1) is 17.9 Å². The molecule has 2 aromatic carbocycles. The molecular weight excluding hydrogens is 386 g/mol. The maximum absolute atomic E-state index is 12.9. The molecule has 2 rings (SSSR count). The minimum atomic E-state index is -4.36. The maximum Gasteiger partial charge on any atom is 0.326 e. The molecule has 0 spiro atoms. The van der Waals surface area contributed by atoms with E-state index in [0.29, 0.717) is 12.2 Å². The van der Waals surface area contributed by atoms with Gasteiger partial charge in [0.1, 0.15) is 11.8 Å². The van der Waals surface area contributed by atoms with Crippen molar-refractivity contribution in [2.24, 2.45) is 0 Å². The number of hydrogen-bond donors (Lipinski definition) is 3. The molecule has 1 amide bonds. The molecule has 9 heteroatoms. The number of carbonyl (C=O) groups is 2. The van der Waals surface area contributed by atoms with Gasteiger partial charge in [0, 0.05) is 0 Å². The molecule has 28 heavy (non-hydrogen) atoms. The number of carboxylic acid groups (broad SMARTS) is 1. The van der Waals surface area contributed by atoms with E-state index in [2.05, 4.69) is 5.32 Å². The zero-order chi connectivity index (χ0) is 20.7. The SMILES string of the molecule is CCOc1cccc(-c2ccccc2)c1C(=O)N[C@@H](CCS(=O)(=O)O)C(=O)O. The van der Waals surface area contributed by atoms with Gasteiger partial charge >= 0.3 is 5.97 Å². The molecule has 0 aliphatic heterocycles. The van der Waals surface area contributed by atoms with Crippen LogP contribution in [0.25, 0.3) is 11.1 Å². The van der Waals surface area contributed by atoms with Crippen LogP contribution in [0.4, 0.5) is 0 Å². The van der Waals surface area contributed by atoms with Crippen molar-refractivity contribution in [2.45, 2.75) is 19.4 Å². The topological polar surface area (TPSA) is 130 Å². The standard InChI is InChI=1S/C19H21NO7S/c1-2-27-16-10-6-9-14(13-7-4-3-5-8-13)17(16)18(21)20-15(19(22)23)11-12-28(24,25)26/h3-10,15H,2,11-12H2,1H3,(H,20,21)(H,22,23)(H,24,25,26)/t15-/m0/s1. The molecule has 1 atom stereocenters. The van der Waals surface area contributed by atoms with E-state index in [1.54, 1.807) is 49.4 Å². The number of hydrogen-bond acceptors (Lipinski definition) is 5. The average Bonchev–Trinajstić information content (AvgIpc) is 2.64. The summed E-state index contributed by atoms with van der Waals surface area (Å²) in [6.45, 7) is 2.05. The minimum Gasteiger partial charge on any atom is -0.493 e. The van der Waals surface area contributed by atoms with Crippen LogP contribution in [0.2, 0.25) is 0 Å². The maximum atomic E-state index is 12.9. The van der Waals surface area contributed by atoms with E-state index in [4.69, 9.17) is 9.29 Å². The summed E-state index contributed by atoms with van der Waals surface area (Å²) in [6, 6.07) is 12.6. The molecule has 3 N–H and O–H groups in total. The fourth-order valence-corrected chi connectivity index (χ4v) is 3.19. The molecule has 0 aliphatic carbocycles. The van der Waals surface area contributed by atoms with Gasteiger partial charge in [0.15, 0.2) is 0 Å². The zero-order valence-corrected chi connectivity index (χ0v) is 16.0. The number of nitrogens with one attached hydrogen (secondary N) is 1. The number of amides is 1. The lowest BCUT2D eigenvalue weighted by molar-refractivity contribution is -0.139. The fraction of sp³-hybridized carbons (Fsp3) is 0.263. The second-order valence-electron chi connectivity index (χ2n) is 5.92. The summed E-state index contributed by atoms with van der Waals surface area (Å²) in [5.74, 6) is -2.64. The van der Waals surface area contributed by atoms with Crippen LogP contribution >= 0.6 is 0 Å². The van der Waals surface area contributed by atoms with Crippen LogP contribution in [-0.2, 0) is 14.9 Å². The van der Waals surface area contributed by atoms with Crippen LogP contribution in [0.5, 0.6) is 5.75 Å². The van der Waals surface area contributed by atoms with E-state index < -0.39 is 40.2 Å². The highest BCUT2D eigenvalue weighted by molar-refractivity contribution is 7.85. The quantitative estimate of drug-likeness (QED) is 0.543. The van der Waals surface area contributed by atoms with Crippen LogP contribution in [0.15, 0.2) is 48.5 Å². The molecule has 0 fully saturated rings. The first-order valence-electron chi connectivity index (χ1n) is 8.53. The molecule has 2 aromatic rings. The van der Waals surface area contributed by atoms with Crippen molar-refractivity contribution < 1.29 is 32.4 Å². The normalized spacial score (nSPS) is 12.2. The molecule has 0 bridgehead atoms. The Kier molecular flexibility index (Phi) is 7.13. The first-order chi connectivity index (χ1) is 13.2. The summed E-state index contributed by atoms with van der Waals surface area (Å²) in [4.78, 5) is 24.3. The smallest absolute Gasteiger partial charge is 0.326 e. The lowest BCUT2D eigenvalue weighted by atomic mass is 9.98. The molecule has 150 valence electrons. The Morgan fingerprint density at radius 1 is 1.11 bits per heavy atom. The third kappa shape index (κ3) is 5.80. The highest BCUT2D eigenvalue weighted by atomic mass is 32.2. The van der Waals surface area contributed by atoms with Crippen LogP contribution in [0.1, 0.15) is 23.7 Å². The number of ether oxygens (including phenoxy) is 1. The van der Waals surface area contributed by atoms with Gasteiger partial charge in [-0.1, -0.05) is 42.5 Å². The molecule has 0 saturated heterocycles. The molecule has 0 unspecified atom stereocenters. The van der Waals surface area contributed by atoms with E-state index in [1.807, 2.05) is 6.07 Å². The Bertz CT molecular complexity index is 942. The summed E-state index contributed by atoms with van der Waals surface area (Å²) < 4.78 is 36.2. The predicted octanol–water partition coefficient (Wildman–Crippen LogP) is 2.21. The number of benzene rings is 2. The number of rotatable bonds is 9. The Morgan fingerprint density at radius 3 is 2.36 bits per heavy atom. The summed E-state index contributed by atoms with van der Waals surface area (Å²) in [5.41, 5.74) is 1.43.